The summed E-state index contributed by atoms with van der Waals surface area (Å²) in [6, 6.07) is 30.5. The number of benzene rings is 4. The van der Waals surface area contributed by atoms with Crippen LogP contribution in [0.5, 0.6) is 0 Å². The molecule has 3 heterocycles. The molecule has 2 amide bonds. The smallest absolute Gasteiger partial charge is 0.266 e. The average molecular weight is 575 g/mol. The van der Waals surface area contributed by atoms with Crippen LogP contribution in [0.15, 0.2) is 108 Å². The molecule has 8 heteroatoms. The number of rotatable bonds is 5. The number of halogens is 1. The molecule has 2 aliphatic heterocycles. The van der Waals surface area contributed by atoms with E-state index in [0.717, 1.165) is 39.6 Å². The normalized spacial score (nSPS) is 16.3. The van der Waals surface area contributed by atoms with E-state index in [0.29, 0.717) is 21.8 Å². The fraction of sp³-hybridized carbons (Fsp3) is 0.0909. The number of carbonyl (C=O) groups excluding carboxylic acids is 2. The van der Waals surface area contributed by atoms with E-state index in [9.17, 15) is 9.59 Å². The molecule has 0 bridgehead atoms. The van der Waals surface area contributed by atoms with Gasteiger partial charge in [-0.05, 0) is 54.4 Å². The minimum absolute atomic E-state index is 0.0350. The van der Waals surface area contributed by atoms with Gasteiger partial charge in [0.1, 0.15) is 0 Å². The molecule has 4 aromatic carbocycles. The molecule has 0 saturated carbocycles. The summed E-state index contributed by atoms with van der Waals surface area (Å²) >= 11 is 7.69. The second-order valence-corrected chi connectivity index (χ2v) is 11.4. The fourth-order valence-electron chi connectivity index (χ4n) is 5.28. The lowest BCUT2D eigenvalue weighted by atomic mass is 9.98. The Balaban J connectivity index is 1.22. The van der Waals surface area contributed by atoms with E-state index in [-0.39, 0.29) is 17.9 Å². The van der Waals surface area contributed by atoms with Crippen LogP contribution in [0, 0.1) is 6.92 Å². The average Bonchev–Trinajstić information content (AvgIpc) is 3.71. The molecule has 0 fully saturated rings. The Kier molecular flexibility index (Phi) is 6.26. The minimum Gasteiger partial charge on any atom is -0.268 e. The molecule has 7 rings (SSSR count). The van der Waals surface area contributed by atoms with Crippen LogP contribution in [0.1, 0.15) is 49.9 Å². The molecule has 41 heavy (non-hydrogen) atoms. The van der Waals surface area contributed by atoms with Crippen molar-refractivity contribution in [2.45, 2.75) is 19.4 Å². The van der Waals surface area contributed by atoms with Crippen LogP contribution in [0.25, 0.3) is 11.3 Å². The number of anilines is 2. The summed E-state index contributed by atoms with van der Waals surface area (Å²) in [7, 11) is 0. The van der Waals surface area contributed by atoms with Crippen LogP contribution in [-0.4, -0.2) is 22.5 Å². The molecule has 6 nitrogen and oxygen atoms in total. The summed E-state index contributed by atoms with van der Waals surface area (Å²) in [4.78, 5) is 32.3. The number of thiazole rings is 1. The third-order valence-corrected chi connectivity index (χ3v) is 8.51. The second-order valence-electron chi connectivity index (χ2n) is 10.1. The Morgan fingerprint density at radius 1 is 0.829 bits per heavy atom. The van der Waals surface area contributed by atoms with Crippen LogP contribution in [0.4, 0.5) is 10.8 Å². The van der Waals surface area contributed by atoms with Crippen LogP contribution < -0.4 is 9.91 Å². The quantitative estimate of drug-likeness (QED) is 0.200. The highest BCUT2D eigenvalue weighted by atomic mass is 35.5. The van der Waals surface area contributed by atoms with Gasteiger partial charge in [-0.15, -0.1) is 11.3 Å². The predicted octanol–water partition coefficient (Wildman–Crippen LogP) is 7.93. The van der Waals surface area contributed by atoms with Crippen molar-refractivity contribution in [3.8, 4) is 11.3 Å². The molecule has 0 unspecified atom stereocenters. The molecular weight excluding hydrogens is 552 g/mol. The molecule has 1 atom stereocenters. The number of imide groups is 1. The number of hydrazone groups is 1. The van der Waals surface area contributed by atoms with Gasteiger partial charge in [-0.25, -0.2) is 14.9 Å². The van der Waals surface area contributed by atoms with Gasteiger partial charge in [-0.3, -0.25) is 9.59 Å². The Bertz CT molecular complexity index is 1810. The highest BCUT2D eigenvalue weighted by molar-refractivity contribution is 7.14. The lowest BCUT2D eigenvalue weighted by Crippen LogP contribution is -2.29. The number of amides is 2. The highest BCUT2D eigenvalue weighted by Crippen LogP contribution is 2.40. The van der Waals surface area contributed by atoms with Gasteiger partial charge in [0.25, 0.3) is 11.8 Å². The van der Waals surface area contributed by atoms with Gasteiger partial charge in [0.05, 0.1) is 34.3 Å². The van der Waals surface area contributed by atoms with Crippen molar-refractivity contribution >= 4 is 51.3 Å². The molecule has 0 radical (unpaired) electrons. The van der Waals surface area contributed by atoms with Gasteiger partial charge in [0, 0.05) is 22.4 Å². The van der Waals surface area contributed by atoms with E-state index in [2.05, 4.69) is 31.2 Å². The number of hydrogen-bond donors (Lipinski definition) is 0. The summed E-state index contributed by atoms with van der Waals surface area (Å²) in [5, 5.41) is 10.4. The summed E-state index contributed by atoms with van der Waals surface area (Å²) in [6.07, 6.45) is 0.731. The zero-order valence-corrected chi connectivity index (χ0v) is 23.6. The monoisotopic (exact) mass is 574 g/mol. The van der Waals surface area contributed by atoms with E-state index in [4.69, 9.17) is 21.7 Å². The van der Waals surface area contributed by atoms with Crippen molar-refractivity contribution in [1.82, 2.24) is 4.98 Å². The molecule has 1 aromatic heterocycles. The molecule has 0 aliphatic carbocycles. The van der Waals surface area contributed by atoms with Gasteiger partial charge < -0.3 is 0 Å². The number of nitrogens with zero attached hydrogens (tertiary/aromatic N) is 4. The van der Waals surface area contributed by atoms with Crippen molar-refractivity contribution in [3.05, 3.63) is 135 Å². The van der Waals surface area contributed by atoms with Crippen LogP contribution in [-0.2, 0) is 0 Å². The molecule has 200 valence electrons. The highest BCUT2D eigenvalue weighted by Gasteiger charge is 2.36. The van der Waals surface area contributed by atoms with Gasteiger partial charge in [-0.1, -0.05) is 77.8 Å². The largest absolute Gasteiger partial charge is 0.268 e. The van der Waals surface area contributed by atoms with E-state index in [1.807, 2.05) is 52.9 Å². The van der Waals surface area contributed by atoms with Gasteiger partial charge in [-0.2, -0.15) is 5.10 Å². The summed E-state index contributed by atoms with van der Waals surface area (Å²) in [5.41, 5.74) is 7.30. The zero-order valence-electron chi connectivity index (χ0n) is 22.0. The van der Waals surface area contributed by atoms with Crippen LogP contribution >= 0.6 is 22.9 Å². The van der Waals surface area contributed by atoms with Crippen molar-refractivity contribution in [2.24, 2.45) is 5.10 Å². The first-order valence-corrected chi connectivity index (χ1v) is 14.4. The van der Waals surface area contributed by atoms with Crippen LogP contribution in [0.3, 0.4) is 0 Å². The minimum atomic E-state index is -0.317. The van der Waals surface area contributed by atoms with Gasteiger partial charge >= 0.3 is 0 Å². The summed E-state index contributed by atoms with van der Waals surface area (Å²) in [6.45, 7) is 2.07. The van der Waals surface area contributed by atoms with Crippen molar-refractivity contribution in [3.63, 3.8) is 0 Å². The molecular formula is C33H23ClN4O2S. The van der Waals surface area contributed by atoms with Crippen molar-refractivity contribution in [2.75, 3.05) is 9.91 Å². The number of aryl methyl sites for hydroxylation is 1. The Morgan fingerprint density at radius 2 is 1.54 bits per heavy atom. The third kappa shape index (κ3) is 4.53. The summed E-state index contributed by atoms with van der Waals surface area (Å²) in [5.74, 6) is -0.634. The first-order chi connectivity index (χ1) is 20.0. The zero-order chi connectivity index (χ0) is 28.1. The first-order valence-electron chi connectivity index (χ1n) is 13.2. The van der Waals surface area contributed by atoms with Crippen molar-refractivity contribution in [1.29, 1.82) is 0 Å². The Hall–Kier alpha value is -4.59. The van der Waals surface area contributed by atoms with E-state index in [1.165, 1.54) is 21.8 Å². The summed E-state index contributed by atoms with van der Waals surface area (Å²) < 4.78 is 0. The lowest BCUT2D eigenvalue weighted by molar-refractivity contribution is 0.0926. The fourth-order valence-corrected chi connectivity index (χ4v) is 6.24. The second kappa shape index (κ2) is 10.1. The topological polar surface area (TPSA) is 65.9 Å². The molecule has 0 spiro atoms. The Morgan fingerprint density at radius 3 is 2.24 bits per heavy atom. The number of carbonyl (C=O) groups is 2. The van der Waals surface area contributed by atoms with Crippen molar-refractivity contribution < 1.29 is 9.59 Å². The van der Waals surface area contributed by atoms with E-state index >= 15 is 0 Å². The SMILES string of the molecule is Cc1ccc(C2=NN(c3nc(-c4cccc(N5C(=O)c6ccccc6C5=O)c4)cs3)[C@@H](c3ccc(Cl)cc3)C2)cc1. The molecule has 0 saturated heterocycles. The first kappa shape index (κ1) is 25.4. The third-order valence-electron chi connectivity index (χ3n) is 7.43. The lowest BCUT2D eigenvalue weighted by Gasteiger charge is -2.21. The maximum atomic E-state index is 13.1. The standard InChI is InChI=1S/C33H23ClN4O2S/c1-20-9-11-21(12-10-20)28-18-30(22-13-15-24(34)16-14-22)38(36-28)33-35-29(19-41-33)23-5-4-6-25(17-23)37-31(39)26-7-2-3-8-27(26)32(37)40/h2-17,19,30H,18H2,1H3/t30-/m1/s1. The van der Waals surface area contributed by atoms with E-state index < -0.39 is 0 Å². The number of hydrogen-bond acceptors (Lipinski definition) is 6. The number of aromatic nitrogens is 1. The Labute approximate surface area is 246 Å². The molecule has 5 aromatic rings. The maximum absolute atomic E-state index is 13.1. The molecule has 0 N–H and O–H groups in total. The van der Waals surface area contributed by atoms with Gasteiger partial charge in [0.15, 0.2) is 0 Å². The molecule has 2 aliphatic rings. The predicted molar refractivity (Wildman–Crippen MR) is 164 cm³/mol. The van der Waals surface area contributed by atoms with Crippen LogP contribution in [0.2, 0.25) is 5.02 Å². The number of fused-ring (bicyclic) bond motifs is 1. The van der Waals surface area contributed by atoms with E-state index in [1.54, 1.807) is 30.3 Å². The van der Waals surface area contributed by atoms with Gasteiger partial charge in [0.2, 0.25) is 5.13 Å². The maximum Gasteiger partial charge on any atom is 0.266 e.